The monoisotopic (exact) mass is 389 g/mol. The molecule has 1 aliphatic heterocycles. The first-order chi connectivity index (χ1) is 13.7. The number of methoxy groups -OCH3 is 2. The molecular weight excluding hydrogens is 358 g/mol. The number of aromatic nitrogens is 2. The van der Waals surface area contributed by atoms with Crippen molar-refractivity contribution < 1.29 is 19.3 Å². The minimum absolute atomic E-state index is 0.0414. The lowest BCUT2D eigenvalue weighted by molar-refractivity contribution is -0.0963. The van der Waals surface area contributed by atoms with Gasteiger partial charge >= 0.3 is 0 Å². The molecule has 2 heterocycles. The lowest BCUT2D eigenvalue weighted by Crippen LogP contribution is -2.46. The van der Waals surface area contributed by atoms with Crippen molar-refractivity contribution in [2.45, 2.75) is 44.9 Å². The molecule has 1 aliphatic rings. The van der Waals surface area contributed by atoms with E-state index in [-0.39, 0.29) is 18.8 Å². The molecule has 0 amide bonds. The molecule has 2 aromatic rings. The van der Waals surface area contributed by atoms with Crippen molar-refractivity contribution >= 4 is 0 Å². The van der Waals surface area contributed by atoms with E-state index >= 15 is 0 Å². The normalized spacial score (nSPS) is 20.3. The van der Waals surface area contributed by atoms with E-state index in [0.717, 1.165) is 49.4 Å². The van der Waals surface area contributed by atoms with Gasteiger partial charge < -0.3 is 24.3 Å². The van der Waals surface area contributed by atoms with E-state index in [9.17, 15) is 5.11 Å². The molecule has 0 aliphatic carbocycles. The van der Waals surface area contributed by atoms with Crippen LogP contribution in [-0.2, 0) is 17.7 Å². The number of aliphatic hydroxyl groups excluding tert-OH is 1. The maximum Gasteiger partial charge on any atom is 0.161 e. The van der Waals surface area contributed by atoms with Crippen molar-refractivity contribution in [3.8, 4) is 11.5 Å². The number of rotatable bonds is 9. The summed E-state index contributed by atoms with van der Waals surface area (Å²) in [5.41, 5.74) is 2.11. The molecular formula is C21H31N3O4. The Balaban J connectivity index is 1.83. The number of benzene rings is 1. The highest BCUT2D eigenvalue weighted by atomic mass is 16.5. The van der Waals surface area contributed by atoms with Crippen molar-refractivity contribution in [2.75, 3.05) is 34.0 Å². The minimum atomic E-state index is -0.297. The van der Waals surface area contributed by atoms with Crippen LogP contribution < -0.4 is 9.47 Å². The van der Waals surface area contributed by atoms with Gasteiger partial charge in [0.2, 0.25) is 0 Å². The Hall–Kier alpha value is -2.09. The van der Waals surface area contributed by atoms with Crippen molar-refractivity contribution in [3.05, 3.63) is 41.5 Å². The van der Waals surface area contributed by atoms with Crippen LogP contribution in [0.4, 0.5) is 0 Å². The Labute approximate surface area is 166 Å². The second-order valence-corrected chi connectivity index (χ2v) is 7.08. The van der Waals surface area contributed by atoms with Crippen LogP contribution >= 0.6 is 0 Å². The summed E-state index contributed by atoms with van der Waals surface area (Å²) in [6, 6.07) is 5.79. The van der Waals surface area contributed by atoms with Crippen LogP contribution in [0.25, 0.3) is 0 Å². The number of hydrogen-bond donors (Lipinski definition) is 2. The van der Waals surface area contributed by atoms with Crippen molar-refractivity contribution in [1.29, 1.82) is 0 Å². The van der Waals surface area contributed by atoms with Gasteiger partial charge in [-0.1, -0.05) is 19.4 Å². The fourth-order valence-corrected chi connectivity index (χ4v) is 3.76. The van der Waals surface area contributed by atoms with Crippen molar-refractivity contribution in [3.63, 3.8) is 0 Å². The number of aryl methyl sites for hydroxylation is 1. The maximum absolute atomic E-state index is 9.91. The first-order valence-corrected chi connectivity index (χ1v) is 9.91. The van der Waals surface area contributed by atoms with Gasteiger partial charge in [-0.3, -0.25) is 4.90 Å². The van der Waals surface area contributed by atoms with Gasteiger partial charge in [0.25, 0.3) is 0 Å². The molecule has 7 heteroatoms. The predicted octanol–water partition coefficient (Wildman–Crippen LogP) is 2.70. The molecule has 1 aromatic heterocycles. The van der Waals surface area contributed by atoms with Gasteiger partial charge in [-0.05, 0) is 24.1 Å². The van der Waals surface area contributed by atoms with Gasteiger partial charge in [0.1, 0.15) is 11.9 Å². The summed E-state index contributed by atoms with van der Waals surface area (Å²) in [5, 5.41) is 9.91. The zero-order valence-electron chi connectivity index (χ0n) is 17.0. The maximum atomic E-state index is 9.91. The number of morpholine rings is 1. The van der Waals surface area contributed by atoms with Crippen LogP contribution in [0.15, 0.2) is 24.4 Å². The van der Waals surface area contributed by atoms with E-state index in [1.165, 1.54) is 0 Å². The van der Waals surface area contributed by atoms with Crippen LogP contribution in [0.2, 0.25) is 0 Å². The fraction of sp³-hybridized carbons (Fsp3) is 0.571. The number of imidazole rings is 1. The highest BCUT2D eigenvalue weighted by Crippen LogP contribution is 2.36. The van der Waals surface area contributed by atoms with Gasteiger partial charge in [0.15, 0.2) is 11.5 Å². The summed E-state index contributed by atoms with van der Waals surface area (Å²) in [4.78, 5) is 10.3. The second kappa shape index (κ2) is 9.91. The van der Waals surface area contributed by atoms with Gasteiger partial charge in [0, 0.05) is 31.4 Å². The average molecular weight is 389 g/mol. The highest BCUT2D eigenvalue weighted by molar-refractivity contribution is 5.44. The summed E-state index contributed by atoms with van der Waals surface area (Å²) < 4.78 is 16.7. The number of unbranched alkanes of at least 4 members (excludes halogenated alkanes) is 1. The second-order valence-electron chi connectivity index (χ2n) is 7.08. The van der Waals surface area contributed by atoms with Crippen molar-refractivity contribution in [2.24, 2.45) is 0 Å². The van der Waals surface area contributed by atoms with Crippen LogP contribution in [-0.4, -0.2) is 60.1 Å². The van der Waals surface area contributed by atoms with E-state index in [1.54, 1.807) is 14.2 Å². The van der Waals surface area contributed by atoms with Gasteiger partial charge in [-0.25, -0.2) is 4.98 Å². The summed E-state index contributed by atoms with van der Waals surface area (Å²) >= 11 is 0. The van der Waals surface area contributed by atoms with Crippen LogP contribution in [0, 0.1) is 0 Å². The number of aromatic amines is 1. The largest absolute Gasteiger partial charge is 0.493 e. The van der Waals surface area contributed by atoms with Gasteiger partial charge in [-0.2, -0.15) is 0 Å². The lowest BCUT2D eigenvalue weighted by atomic mass is 9.97. The summed E-state index contributed by atoms with van der Waals surface area (Å²) in [6.07, 6.45) is 4.87. The Bertz CT molecular complexity index is 749. The molecule has 7 nitrogen and oxygen atoms in total. The van der Waals surface area contributed by atoms with Crippen LogP contribution in [0.3, 0.4) is 0 Å². The third-order valence-electron chi connectivity index (χ3n) is 5.21. The third-order valence-corrected chi connectivity index (χ3v) is 5.21. The van der Waals surface area contributed by atoms with E-state index < -0.39 is 0 Å². The van der Waals surface area contributed by atoms with Crippen molar-refractivity contribution in [1.82, 2.24) is 14.9 Å². The first-order valence-electron chi connectivity index (χ1n) is 9.91. The topological polar surface area (TPSA) is 79.8 Å². The Morgan fingerprint density at radius 3 is 2.82 bits per heavy atom. The Morgan fingerprint density at radius 1 is 1.29 bits per heavy atom. The number of ether oxygens (including phenoxy) is 3. The molecule has 2 unspecified atom stereocenters. The average Bonchev–Trinajstić information content (AvgIpc) is 3.18. The molecule has 28 heavy (non-hydrogen) atoms. The number of aliphatic hydroxyl groups is 1. The Morgan fingerprint density at radius 2 is 2.11 bits per heavy atom. The zero-order valence-corrected chi connectivity index (χ0v) is 17.0. The molecule has 154 valence electrons. The van der Waals surface area contributed by atoms with E-state index in [0.29, 0.717) is 18.1 Å². The number of hydrogen-bond acceptors (Lipinski definition) is 6. The van der Waals surface area contributed by atoms with E-state index in [4.69, 9.17) is 14.2 Å². The van der Waals surface area contributed by atoms with Crippen LogP contribution in [0.5, 0.6) is 11.5 Å². The van der Waals surface area contributed by atoms with Gasteiger partial charge in [-0.15, -0.1) is 0 Å². The standard InChI is InChI=1S/C21H31N3O4/c1-4-5-6-20-22-12-16(23-20)13-24-9-10-28-19(14-25)21(24)15-7-8-17(26-2)18(11-15)27-3/h7-8,11-12,19,21,25H,4-6,9-10,13-14H2,1-3H3,(H,22,23). The first kappa shape index (κ1) is 20.6. The molecule has 2 N–H and O–H groups in total. The summed E-state index contributed by atoms with van der Waals surface area (Å²) in [5.74, 6) is 2.39. The van der Waals surface area contributed by atoms with E-state index in [2.05, 4.69) is 21.8 Å². The zero-order chi connectivity index (χ0) is 19.9. The third kappa shape index (κ3) is 4.66. The Kier molecular flexibility index (Phi) is 7.30. The summed E-state index contributed by atoms with van der Waals surface area (Å²) in [6.45, 7) is 4.23. The lowest BCUT2D eigenvalue weighted by Gasteiger charge is -2.40. The quantitative estimate of drug-likeness (QED) is 0.686. The molecule has 1 fully saturated rings. The minimum Gasteiger partial charge on any atom is -0.493 e. The van der Waals surface area contributed by atoms with Gasteiger partial charge in [0.05, 0.1) is 33.5 Å². The number of H-pyrrole nitrogens is 1. The molecule has 0 saturated carbocycles. The molecule has 1 saturated heterocycles. The highest BCUT2D eigenvalue weighted by Gasteiger charge is 2.34. The number of nitrogens with one attached hydrogen (secondary N) is 1. The fourth-order valence-electron chi connectivity index (χ4n) is 3.76. The molecule has 1 aromatic carbocycles. The van der Waals surface area contributed by atoms with Crippen LogP contribution in [0.1, 0.15) is 42.9 Å². The van der Waals surface area contributed by atoms with E-state index in [1.807, 2.05) is 24.4 Å². The molecule has 0 spiro atoms. The molecule has 2 atom stereocenters. The smallest absolute Gasteiger partial charge is 0.161 e. The summed E-state index contributed by atoms with van der Waals surface area (Å²) in [7, 11) is 3.25. The predicted molar refractivity (Wildman–Crippen MR) is 107 cm³/mol. The molecule has 0 radical (unpaired) electrons. The molecule has 3 rings (SSSR count). The molecule has 0 bridgehead atoms. The SMILES string of the molecule is CCCCc1ncc(CN2CCOC(CO)C2c2ccc(OC)c(OC)c2)[nH]1. The number of nitrogens with zero attached hydrogens (tertiary/aromatic N) is 2.